The summed E-state index contributed by atoms with van der Waals surface area (Å²) in [4.78, 5) is 34.7. The molecule has 0 bridgehead atoms. The molecule has 0 radical (unpaired) electrons. The molecule has 0 spiro atoms. The topological polar surface area (TPSA) is 78.4 Å². The maximum Gasteiger partial charge on any atom is 0.337 e. The predicted octanol–water partition coefficient (Wildman–Crippen LogP) is 4.10. The van der Waals surface area contributed by atoms with Crippen LogP contribution in [0.25, 0.3) is 10.2 Å². The number of carbonyl (C=O) groups excluding carboxylic acids is 2. The van der Waals surface area contributed by atoms with Crippen LogP contribution in [0.2, 0.25) is 0 Å². The molecule has 0 aliphatic rings. The van der Waals surface area contributed by atoms with Gasteiger partial charge in [0.1, 0.15) is 21.4 Å². The fourth-order valence-electron chi connectivity index (χ4n) is 2.48. The van der Waals surface area contributed by atoms with E-state index in [1.807, 2.05) is 13.8 Å². The van der Waals surface area contributed by atoms with Gasteiger partial charge in [-0.3, -0.25) is 4.79 Å². The van der Waals surface area contributed by atoms with Crippen LogP contribution >= 0.6 is 23.1 Å². The molecule has 0 amide bonds. The van der Waals surface area contributed by atoms with Gasteiger partial charge in [-0.15, -0.1) is 11.3 Å². The molecule has 0 unspecified atom stereocenters. The van der Waals surface area contributed by atoms with Crippen LogP contribution < -0.4 is 4.74 Å². The largest absolute Gasteiger partial charge is 0.465 e. The average Bonchev–Trinajstić information content (AvgIpc) is 2.93. The molecule has 0 fully saturated rings. The summed E-state index contributed by atoms with van der Waals surface area (Å²) < 4.78 is 9.97. The first-order valence-electron chi connectivity index (χ1n) is 8.15. The number of thioether (sulfide) groups is 1. The third kappa shape index (κ3) is 4.28. The average molecular weight is 402 g/mol. The minimum absolute atomic E-state index is 0.124. The van der Waals surface area contributed by atoms with Crippen LogP contribution in [0, 0.1) is 20.8 Å². The van der Waals surface area contributed by atoms with Crippen molar-refractivity contribution in [1.82, 2.24) is 9.97 Å². The van der Waals surface area contributed by atoms with E-state index >= 15 is 0 Å². The Morgan fingerprint density at radius 3 is 2.48 bits per heavy atom. The molecule has 140 valence electrons. The van der Waals surface area contributed by atoms with Gasteiger partial charge < -0.3 is 9.47 Å². The van der Waals surface area contributed by atoms with Crippen LogP contribution in [0.3, 0.4) is 0 Å². The molecule has 27 heavy (non-hydrogen) atoms. The summed E-state index contributed by atoms with van der Waals surface area (Å²) in [6.07, 6.45) is 0. The number of aryl methyl sites for hydroxylation is 3. The molecule has 0 saturated carbocycles. The predicted molar refractivity (Wildman–Crippen MR) is 106 cm³/mol. The maximum absolute atomic E-state index is 12.2. The van der Waals surface area contributed by atoms with Gasteiger partial charge in [0, 0.05) is 10.3 Å². The van der Waals surface area contributed by atoms with E-state index in [2.05, 4.69) is 21.6 Å². The highest BCUT2D eigenvalue weighted by molar-refractivity contribution is 8.00. The Morgan fingerprint density at radius 1 is 1.11 bits per heavy atom. The van der Waals surface area contributed by atoms with E-state index < -0.39 is 5.97 Å². The Hall–Kier alpha value is -2.45. The van der Waals surface area contributed by atoms with Crippen molar-refractivity contribution < 1.29 is 19.1 Å². The third-order valence-corrected chi connectivity index (χ3v) is 5.99. The first kappa shape index (κ1) is 19.3. The number of nitrogens with zero attached hydrogens (tertiary/aromatic N) is 2. The summed E-state index contributed by atoms with van der Waals surface area (Å²) in [6, 6.07) is 6.23. The van der Waals surface area contributed by atoms with Gasteiger partial charge in [-0.25, -0.2) is 14.8 Å². The van der Waals surface area contributed by atoms with Gasteiger partial charge in [0.15, 0.2) is 0 Å². The molecule has 1 aromatic carbocycles. The quantitative estimate of drug-likeness (QED) is 0.275. The first-order valence-corrected chi connectivity index (χ1v) is 9.95. The van der Waals surface area contributed by atoms with E-state index in [1.54, 1.807) is 35.6 Å². The lowest BCUT2D eigenvalue weighted by molar-refractivity contribution is -0.131. The van der Waals surface area contributed by atoms with Crippen LogP contribution in [0.15, 0.2) is 29.3 Å². The molecule has 0 atom stereocenters. The Morgan fingerprint density at radius 2 is 1.81 bits per heavy atom. The van der Waals surface area contributed by atoms with Crippen molar-refractivity contribution in [2.24, 2.45) is 0 Å². The number of hydrogen-bond donors (Lipinski definition) is 0. The number of aromatic nitrogens is 2. The minimum Gasteiger partial charge on any atom is -0.465 e. The van der Waals surface area contributed by atoms with E-state index in [0.29, 0.717) is 17.1 Å². The second-order valence-electron chi connectivity index (χ2n) is 5.82. The van der Waals surface area contributed by atoms with Crippen molar-refractivity contribution in [1.29, 1.82) is 0 Å². The van der Waals surface area contributed by atoms with Crippen molar-refractivity contribution in [3.05, 3.63) is 46.1 Å². The lowest BCUT2D eigenvalue weighted by atomic mass is 10.2. The molecule has 2 aromatic heterocycles. The van der Waals surface area contributed by atoms with Crippen LogP contribution in [-0.4, -0.2) is 34.8 Å². The summed E-state index contributed by atoms with van der Waals surface area (Å²) in [5.41, 5.74) is 1.54. The van der Waals surface area contributed by atoms with E-state index in [4.69, 9.17) is 4.74 Å². The van der Waals surface area contributed by atoms with Gasteiger partial charge in [0.25, 0.3) is 0 Å². The SMILES string of the molecule is COC(=O)c1ccc(OC(=O)CSc2nc(C)nc3sc(C)c(C)c23)cc1. The summed E-state index contributed by atoms with van der Waals surface area (Å²) >= 11 is 2.97. The lowest BCUT2D eigenvalue weighted by Gasteiger charge is -2.07. The number of ether oxygens (including phenoxy) is 2. The highest BCUT2D eigenvalue weighted by Crippen LogP contribution is 2.35. The van der Waals surface area contributed by atoms with Crippen molar-refractivity contribution in [3.63, 3.8) is 0 Å². The molecule has 6 nitrogen and oxygen atoms in total. The van der Waals surface area contributed by atoms with Gasteiger partial charge in [-0.2, -0.15) is 0 Å². The van der Waals surface area contributed by atoms with Gasteiger partial charge >= 0.3 is 11.9 Å². The van der Waals surface area contributed by atoms with Gasteiger partial charge in [-0.05, 0) is 50.6 Å². The number of esters is 2. The Balaban J connectivity index is 1.69. The Bertz CT molecular complexity index is 1010. The van der Waals surface area contributed by atoms with E-state index in [0.717, 1.165) is 20.8 Å². The summed E-state index contributed by atoms with van der Waals surface area (Å²) in [7, 11) is 1.32. The zero-order valence-electron chi connectivity index (χ0n) is 15.4. The molecular formula is C19H18N2O4S2. The number of thiophene rings is 1. The molecule has 0 aliphatic heterocycles. The number of carbonyl (C=O) groups is 2. The number of benzene rings is 1. The van der Waals surface area contributed by atoms with Gasteiger partial charge in [0.05, 0.1) is 18.4 Å². The van der Waals surface area contributed by atoms with Crippen molar-refractivity contribution in [2.75, 3.05) is 12.9 Å². The number of fused-ring (bicyclic) bond motifs is 1. The summed E-state index contributed by atoms with van der Waals surface area (Å²) in [6.45, 7) is 5.94. The van der Waals surface area contributed by atoms with Gasteiger partial charge in [0.2, 0.25) is 0 Å². The molecule has 3 aromatic rings. The van der Waals surface area contributed by atoms with Crippen LogP contribution in [-0.2, 0) is 9.53 Å². The lowest BCUT2D eigenvalue weighted by Crippen LogP contribution is -2.11. The second kappa shape index (κ2) is 8.06. The standard InChI is InChI=1S/C19H18N2O4S2/c1-10-11(2)27-18-16(10)17(20-12(3)21-18)26-9-15(22)25-14-7-5-13(6-8-14)19(23)24-4/h5-8H,9H2,1-4H3. The number of hydrogen-bond acceptors (Lipinski definition) is 8. The molecule has 0 N–H and O–H groups in total. The first-order chi connectivity index (χ1) is 12.9. The zero-order valence-corrected chi connectivity index (χ0v) is 17.0. The van der Waals surface area contributed by atoms with Crippen molar-refractivity contribution in [2.45, 2.75) is 25.8 Å². The normalized spacial score (nSPS) is 10.8. The molecule has 0 saturated heterocycles. The third-order valence-electron chi connectivity index (χ3n) is 3.94. The van der Waals surface area contributed by atoms with Crippen LogP contribution in [0.4, 0.5) is 0 Å². The van der Waals surface area contributed by atoms with E-state index in [1.165, 1.54) is 23.7 Å². The highest BCUT2D eigenvalue weighted by Gasteiger charge is 2.16. The van der Waals surface area contributed by atoms with Crippen molar-refractivity contribution >= 4 is 45.3 Å². The van der Waals surface area contributed by atoms with Crippen LogP contribution in [0.5, 0.6) is 5.75 Å². The van der Waals surface area contributed by atoms with Gasteiger partial charge in [-0.1, -0.05) is 11.8 Å². The maximum atomic E-state index is 12.2. The van der Waals surface area contributed by atoms with E-state index in [-0.39, 0.29) is 11.7 Å². The Labute approximate surface area is 164 Å². The zero-order chi connectivity index (χ0) is 19.6. The summed E-state index contributed by atoms with van der Waals surface area (Å²) in [5.74, 6) is 0.351. The monoisotopic (exact) mass is 402 g/mol. The fraction of sp³-hybridized carbons (Fsp3) is 0.263. The Kier molecular flexibility index (Phi) is 5.76. The molecule has 0 aliphatic carbocycles. The molecule has 2 heterocycles. The van der Waals surface area contributed by atoms with Crippen LogP contribution in [0.1, 0.15) is 26.6 Å². The number of rotatable bonds is 5. The van der Waals surface area contributed by atoms with Crippen molar-refractivity contribution in [3.8, 4) is 5.75 Å². The molecule has 3 rings (SSSR count). The molecule has 8 heteroatoms. The molecular weight excluding hydrogens is 384 g/mol. The number of methoxy groups -OCH3 is 1. The highest BCUT2D eigenvalue weighted by atomic mass is 32.2. The smallest absolute Gasteiger partial charge is 0.337 e. The summed E-state index contributed by atoms with van der Waals surface area (Å²) in [5, 5.41) is 1.79. The minimum atomic E-state index is -0.437. The second-order valence-corrected chi connectivity index (χ2v) is 7.99. The van der Waals surface area contributed by atoms with E-state index in [9.17, 15) is 9.59 Å². The fourth-order valence-corrected chi connectivity index (χ4v) is 4.53.